The van der Waals surface area contributed by atoms with Gasteiger partial charge in [-0.3, -0.25) is 4.79 Å². The maximum Gasteiger partial charge on any atom is 0.306 e. The predicted octanol–water partition coefficient (Wildman–Crippen LogP) is 14.3. The third-order valence-corrected chi connectivity index (χ3v) is 11.3. The van der Waals surface area contributed by atoms with Crippen molar-refractivity contribution in [1.29, 1.82) is 0 Å². The van der Waals surface area contributed by atoms with Crippen LogP contribution >= 0.6 is 0 Å². The SMILES string of the molecule is CCCCCCCCC(CC)OCOCCCCCCCCN(CCCN)CCCCCCCC(=O)OC(CCCCCCCC)CCCCCCCC. The van der Waals surface area contributed by atoms with Crippen molar-refractivity contribution in [2.24, 2.45) is 5.73 Å². The Labute approximate surface area is 338 Å². The minimum absolute atomic E-state index is 0.0438. The van der Waals surface area contributed by atoms with Gasteiger partial charge in [-0.05, 0) is 96.8 Å². The lowest BCUT2D eigenvalue weighted by Crippen LogP contribution is -2.28. The van der Waals surface area contributed by atoms with Crippen LogP contribution in [0, 0.1) is 0 Å². The molecule has 0 aromatic carbocycles. The van der Waals surface area contributed by atoms with Crippen molar-refractivity contribution in [3.05, 3.63) is 0 Å². The highest BCUT2D eigenvalue weighted by molar-refractivity contribution is 5.69. The monoisotopic (exact) mass is 767 g/mol. The largest absolute Gasteiger partial charge is 0.462 e. The van der Waals surface area contributed by atoms with E-state index in [2.05, 4.69) is 32.6 Å². The molecule has 0 aliphatic carbocycles. The van der Waals surface area contributed by atoms with Gasteiger partial charge in [0.2, 0.25) is 0 Å². The van der Waals surface area contributed by atoms with E-state index in [1.807, 2.05) is 0 Å². The van der Waals surface area contributed by atoms with E-state index in [9.17, 15) is 4.79 Å². The Hall–Kier alpha value is -0.690. The number of unbranched alkanes of at least 4 members (excludes halogenated alkanes) is 24. The lowest BCUT2D eigenvalue weighted by molar-refractivity contribution is -0.150. The Balaban J connectivity index is 3.99. The summed E-state index contributed by atoms with van der Waals surface area (Å²) < 4.78 is 17.8. The summed E-state index contributed by atoms with van der Waals surface area (Å²) in [5, 5.41) is 0. The molecule has 324 valence electrons. The van der Waals surface area contributed by atoms with Crippen molar-refractivity contribution in [3.63, 3.8) is 0 Å². The number of nitrogens with zero attached hydrogens (tertiary/aromatic N) is 1. The van der Waals surface area contributed by atoms with Gasteiger partial charge in [0, 0.05) is 13.0 Å². The number of hydrogen-bond acceptors (Lipinski definition) is 6. The third-order valence-electron chi connectivity index (χ3n) is 11.3. The van der Waals surface area contributed by atoms with Crippen LogP contribution in [0.3, 0.4) is 0 Å². The van der Waals surface area contributed by atoms with Gasteiger partial charge in [0.15, 0.2) is 0 Å². The van der Waals surface area contributed by atoms with Crippen LogP contribution in [0.15, 0.2) is 0 Å². The van der Waals surface area contributed by atoms with Crippen molar-refractivity contribution < 1.29 is 19.0 Å². The summed E-state index contributed by atoms with van der Waals surface area (Å²) in [6.45, 7) is 14.6. The van der Waals surface area contributed by atoms with Crippen molar-refractivity contribution >= 4 is 5.97 Å². The van der Waals surface area contributed by atoms with E-state index in [4.69, 9.17) is 19.9 Å². The van der Waals surface area contributed by atoms with Gasteiger partial charge in [0.1, 0.15) is 12.9 Å². The maximum absolute atomic E-state index is 12.8. The second-order valence-corrected chi connectivity index (χ2v) is 16.6. The van der Waals surface area contributed by atoms with Crippen LogP contribution in [0.2, 0.25) is 0 Å². The molecular weight excluding hydrogens is 669 g/mol. The maximum atomic E-state index is 12.8. The molecule has 1 unspecified atom stereocenters. The zero-order chi connectivity index (χ0) is 39.4. The molecular formula is C48H98N2O4. The van der Waals surface area contributed by atoms with Crippen LogP contribution < -0.4 is 5.73 Å². The quantitative estimate of drug-likeness (QED) is 0.0378. The molecule has 0 aliphatic rings. The molecule has 0 aromatic heterocycles. The van der Waals surface area contributed by atoms with E-state index in [1.165, 1.54) is 186 Å². The van der Waals surface area contributed by atoms with Gasteiger partial charge in [-0.25, -0.2) is 0 Å². The van der Waals surface area contributed by atoms with E-state index >= 15 is 0 Å². The third kappa shape index (κ3) is 39.5. The zero-order valence-corrected chi connectivity index (χ0v) is 37.3. The highest BCUT2D eigenvalue weighted by Crippen LogP contribution is 2.19. The van der Waals surface area contributed by atoms with Crippen LogP contribution in [0.25, 0.3) is 0 Å². The molecule has 2 N–H and O–H groups in total. The standard InChI is InChI=1S/C48H98N2O4/c1-5-9-12-15-21-28-36-46(8-4)53-45-52-44-34-27-19-18-25-32-41-50(43-35-40-49)42-33-26-20-24-31-39-48(51)54-47(37-29-22-16-13-10-6-2)38-30-23-17-14-11-7-3/h46-47H,5-45,49H2,1-4H3. The van der Waals surface area contributed by atoms with Crippen LogP contribution in [0.1, 0.15) is 252 Å². The van der Waals surface area contributed by atoms with E-state index in [0.717, 1.165) is 64.6 Å². The van der Waals surface area contributed by atoms with Crippen molar-refractivity contribution in [2.75, 3.05) is 39.6 Å². The number of hydrogen-bond donors (Lipinski definition) is 1. The molecule has 0 aromatic rings. The normalized spacial score (nSPS) is 12.4. The minimum Gasteiger partial charge on any atom is -0.462 e. The molecule has 54 heavy (non-hydrogen) atoms. The second-order valence-electron chi connectivity index (χ2n) is 16.6. The highest BCUT2D eigenvalue weighted by Gasteiger charge is 2.14. The van der Waals surface area contributed by atoms with Crippen molar-refractivity contribution in [2.45, 2.75) is 265 Å². The molecule has 0 bridgehead atoms. The molecule has 6 nitrogen and oxygen atoms in total. The number of carbonyl (C=O) groups excluding carboxylic acids is 1. The molecule has 0 spiro atoms. The summed E-state index contributed by atoms with van der Waals surface area (Å²) in [6.07, 6.45) is 43.6. The smallest absolute Gasteiger partial charge is 0.306 e. The molecule has 1 atom stereocenters. The number of rotatable bonds is 46. The summed E-state index contributed by atoms with van der Waals surface area (Å²) >= 11 is 0. The van der Waals surface area contributed by atoms with Gasteiger partial charge in [0.05, 0.1) is 6.10 Å². The average Bonchev–Trinajstić information content (AvgIpc) is 3.18. The summed E-state index contributed by atoms with van der Waals surface area (Å²) in [7, 11) is 0. The fourth-order valence-electron chi connectivity index (χ4n) is 7.60. The topological polar surface area (TPSA) is 74.0 Å². The Bertz CT molecular complexity index is 707. The van der Waals surface area contributed by atoms with Gasteiger partial charge in [-0.15, -0.1) is 0 Å². The average molecular weight is 767 g/mol. The van der Waals surface area contributed by atoms with Crippen molar-refractivity contribution in [1.82, 2.24) is 4.90 Å². The van der Waals surface area contributed by atoms with Gasteiger partial charge in [0.25, 0.3) is 0 Å². The fourth-order valence-corrected chi connectivity index (χ4v) is 7.60. The highest BCUT2D eigenvalue weighted by atomic mass is 16.7. The molecule has 0 saturated carbocycles. The Morgan fingerprint density at radius 1 is 0.481 bits per heavy atom. The molecule has 0 saturated heterocycles. The van der Waals surface area contributed by atoms with Crippen LogP contribution in [0.4, 0.5) is 0 Å². The first-order valence-corrected chi connectivity index (χ1v) is 24.4. The zero-order valence-electron chi connectivity index (χ0n) is 37.3. The van der Waals surface area contributed by atoms with Crippen LogP contribution in [-0.2, 0) is 19.0 Å². The second kappa shape index (κ2) is 45.0. The first-order chi connectivity index (χ1) is 26.6. The number of ether oxygens (including phenoxy) is 3. The molecule has 0 heterocycles. The van der Waals surface area contributed by atoms with Gasteiger partial charge in [-0.2, -0.15) is 0 Å². The molecule has 0 amide bonds. The summed E-state index contributed by atoms with van der Waals surface area (Å²) in [4.78, 5) is 15.4. The van der Waals surface area contributed by atoms with E-state index in [0.29, 0.717) is 19.3 Å². The lowest BCUT2D eigenvalue weighted by Gasteiger charge is -2.22. The fraction of sp³-hybridized carbons (Fsp3) is 0.979. The van der Waals surface area contributed by atoms with E-state index in [1.54, 1.807) is 0 Å². The van der Waals surface area contributed by atoms with Gasteiger partial charge in [-0.1, -0.05) is 175 Å². The first-order valence-electron chi connectivity index (χ1n) is 24.4. The van der Waals surface area contributed by atoms with Crippen molar-refractivity contribution in [3.8, 4) is 0 Å². The lowest BCUT2D eigenvalue weighted by atomic mass is 10.0. The molecule has 0 rings (SSSR count). The summed E-state index contributed by atoms with van der Waals surface area (Å²) in [6, 6.07) is 0. The molecule has 0 aliphatic heterocycles. The summed E-state index contributed by atoms with van der Waals surface area (Å²) in [5.74, 6) is 0.0438. The molecule has 6 heteroatoms. The number of carbonyl (C=O) groups is 1. The first kappa shape index (κ1) is 53.3. The van der Waals surface area contributed by atoms with E-state index < -0.39 is 0 Å². The molecule has 0 fully saturated rings. The van der Waals surface area contributed by atoms with Crippen LogP contribution in [0.5, 0.6) is 0 Å². The Kier molecular flexibility index (Phi) is 44.4. The summed E-state index contributed by atoms with van der Waals surface area (Å²) in [5.41, 5.74) is 5.86. The van der Waals surface area contributed by atoms with Gasteiger partial charge < -0.3 is 24.8 Å². The predicted molar refractivity (Wildman–Crippen MR) is 235 cm³/mol. The van der Waals surface area contributed by atoms with Crippen LogP contribution in [-0.4, -0.2) is 62.7 Å². The Morgan fingerprint density at radius 3 is 1.37 bits per heavy atom. The van der Waals surface area contributed by atoms with E-state index in [-0.39, 0.29) is 12.1 Å². The minimum atomic E-state index is 0.0438. The number of esters is 1. The molecule has 0 radical (unpaired) electrons. The van der Waals surface area contributed by atoms with Gasteiger partial charge >= 0.3 is 5.97 Å². The number of nitrogens with two attached hydrogens (primary N) is 1. The Morgan fingerprint density at radius 2 is 0.889 bits per heavy atom.